The number of allylic oxidation sites excluding steroid dienone is 1. The number of carbonyl (C=O) groups excluding carboxylic acids is 1. The first kappa shape index (κ1) is 11.0. The molecule has 0 aromatic heterocycles. The third-order valence-corrected chi connectivity index (χ3v) is 2.05. The van der Waals surface area contributed by atoms with E-state index in [1.54, 1.807) is 6.92 Å². The molecule has 15 heavy (non-hydrogen) atoms. The molecule has 0 saturated heterocycles. The summed E-state index contributed by atoms with van der Waals surface area (Å²) < 4.78 is 4.54. The van der Waals surface area contributed by atoms with Crippen molar-refractivity contribution in [3.63, 3.8) is 0 Å². The lowest BCUT2D eigenvalue weighted by Crippen LogP contribution is -2.03. The highest BCUT2D eigenvalue weighted by molar-refractivity contribution is 5.98. The van der Waals surface area contributed by atoms with E-state index >= 15 is 0 Å². The Labute approximate surface area is 88.8 Å². The van der Waals surface area contributed by atoms with Crippen LogP contribution in [-0.4, -0.2) is 13.1 Å². The van der Waals surface area contributed by atoms with Crippen LogP contribution in [0.4, 0.5) is 0 Å². The monoisotopic (exact) mass is 201 g/mol. The van der Waals surface area contributed by atoms with Crippen molar-refractivity contribution >= 4 is 11.5 Å². The molecule has 0 N–H and O–H groups in total. The Morgan fingerprint density at radius 3 is 2.40 bits per heavy atom. The van der Waals surface area contributed by atoms with E-state index in [1.165, 1.54) is 7.11 Å². The lowest BCUT2D eigenvalue weighted by Gasteiger charge is -2.03. The van der Waals surface area contributed by atoms with E-state index in [1.807, 2.05) is 30.3 Å². The minimum Gasteiger partial charge on any atom is -0.474 e. The van der Waals surface area contributed by atoms with Crippen LogP contribution in [0.1, 0.15) is 12.5 Å². The van der Waals surface area contributed by atoms with E-state index in [2.05, 4.69) is 9.58 Å². The third kappa shape index (κ3) is 2.44. The van der Waals surface area contributed by atoms with Crippen LogP contribution in [0, 0.1) is 6.57 Å². The molecule has 0 spiro atoms. The SMILES string of the molecule is [C-]#[N+]/C(C(=O)OC)=C(/C)c1ccccc1. The quantitative estimate of drug-likeness (QED) is 0.418. The fraction of sp³-hybridized carbons (Fsp3) is 0.167. The first-order chi connectivity index (χ1) is 7.20. The van der Waals surface area contributed by atoms with Crippen molar-refractivity contribution in [3.8, 4) is 0 Å². The summed E-state index contributed by atoms with van der Waals surface area (Å²) in [6.07, 6.45) is 0. The summed E-state index contributed by atoms with van der Waals surface area (Å²) in [6.45, 7) is 8.68. The first-order valence-corrected chi connectivity index (χ1v) is 4.42. The predicted octanol–water partition coefficient (Wildman–Crippen LogP) is 2.51. The molecular formula is C12H11NO2. The highest BCUT2D eigenvalue weighted by atomic mass is 16.5. The highest BCUT2D eigenvalue weighted by Crippen LogP contribution is 2.19. The first-order valence-electron chi connectivity index (χ1n) is 4.42. The second-order valence-electron chi connectivity index (χ2n) is 2.94. The zero-order valence-electron chi connectivity index (χ0n) is 8.65. The maximum atomic E-state index is 11.3. The third-order valence-electron chi connectivity index (χ3n) is 2.05. The van der Waals surface area contributed by atoms with Gasteiger partial charge in [-0.2, -0.15) is 0 Å². The minimum absolute atomic E-state index is 0.0312. The van der Waals surface area contributed by atoms with Gasteiger partial charge >= 0.3 is 5.97 Å². The molecule has 1 rings (SSSR count). The van der Waals surface area contributed by atoms with Crippen LogP contribution in [0.3, 0.4) is 0 Å². The van der Waals surface area contributed by atoms with Crippen molar-refractivity contribution in [1.82, 2.24) is 0 Å². The van der Waals surface area contributed by atoms with Crippen LogP contribution in [0.15, 0.2) is 36.0 Å². The summed E-state index contributed by atoms with van der Waals surface area (Å²) in [5, 5.41) is 0. The van der Waals surface area contributed by atoms with Crippen LogP contribution in [0.25, 0.3) is 10.4 Å². The van der Waals surface area contributed by atoms with Gasteiger partial charge < -0.3 is 4.74 Å². The van der Waals surface area contributed by atoms with Crippen molar-refractivity contribution in [1.29, 1.82) is 0 Å². The molecule has 3 heteroatoms. The van der Waals surface area contributed by atoms with Gasteiger partial charge in [0, 0.05) is 0 Å². The Kier molecular flexibility index (Phi) is 3.64. The van der Waals surface area contributed by atoms with Crippen LogP contribution >= 0.6 is 0 Å². The van der Waals surface area contributed by atoms with Gasteiger partial charge in [-0.1, -0.05) is 30.3 Å². The molecular weight excluding hydrogens is 190 g/mol. The maximum absolute atomic E-state index is 11.3. The molecule has 0 unspecified atom stereocenters. The second kappa shape index (κ2) is 4.97. The van der Waals surface area contributed by atoms with Crippen molar-refractivity contribution in [2.75, 3.05) is 7.11 Å². The molecule has 0 saturated carbocycles. The van der Waals surface area contributed by atoms with Gasteiger partial charge in [0.2, 0.25) is 0 Å². The Balaban J connectivity index is 3.20. The molecule has 0 fully saturated rings. The zero-order valence-corrected chi connectivity index (χ0v) is 8.65. The summed E-state index contributed by atoms with van der Waals surface area (Å²) in [5.41, 5.74) is 1.52. The topological polar surface area (TPSA) is 30.7 Å². The van der Waals surface area contributed by atoms with Crippen molar-refractivity contribution in [3.05, 3.63) is 53.0 Å². The summed E-state index contributed by atoms with van der Waals surface area (Å²) in [6, 6.07) is 9.30. The smallest absolute Gasteiger partial charge is 0.336 e. The van der Waals surface area contributed by atoms with Gasteiger partial charge in [0.1, 0.15) is 0 Å². The molecule has 0 heterocycles. The summed E-state index contributed by atoms with van der Waals surface area (Å²) in [7, 11) is 1.27. The van der Waals surface area contributed by atoms with Crippen molar-refractivity contribution in [2.24, 2.45) is 0 Å². The van der Waals surface area contributed by atoms with E-state index in [-0.39, 0.29) is 5.70 Å². The molecule has 1 aromatic rings. The summed E-state index contributed by atoms with van der Waals surface area (Å²) >= 11 is 0. The van der Waals surface area contributed by atoms with E-state index in [0.29, 0.717) is 5.57 Å². The lowest BCUT2D eigenvalue weighted by atomic mass is 10.1. The van der Waals surface area contributed by atoms with Crippen LogP contribution < -0.4 is 0 Å². The second-order valence-corrected chi connectivity index (χ2v) is 2.94. The Bertz CT molecular complexity index is 427. The predicted molar refractivity (Wildman–Crippen MR) is 57.7 cm³/mol. The lowest BCUT2D eigenvalue weighted by molar-refractivity contribution is -0.135. The van der Waals surface area contributed by atoms with E-state index < -0.39 is 5.97 Å². The number of hydrogen-bond donors (Lipinski definition) is 0. The van der Waals surface area contributed by atoms with Crippen LogP contribution in [0.5, 0.6) is 0 Å². The molecule has 0 atom stereocenters. The number of benzene rings is 1. The van der Waals surface area contributed by atoms with E-state index in [9.17, 15) is 4.79 Å². The number of hydrogen-bond acceptors (Lipinski definition) is 2. The average Bonchev–Trinajstić information content (AvgIpc) is 2.30. The fourth-order valence-corrected chi connectivity index (χ4v) is 1.20. The molecule has 0 aliphatic rings. The fourth-order valence-electron chi connectivity index (χ4n) is 1.20. The van der Waals surface area contributed by atoms with Gasteiger partial charge in [-0.25, -0.2) is 4.85 Å². The molecule has 0 radical (unpaired) electrons. The van der Waals surface area contributed by atoms with Crippen LogP contribution in [-0.2, 0) is 9.53 Å². The molecule has 0 aliphatic heterocycles. The number of ether oxygens (including phenoxy) is 1. The van der Waals surface area contributed by atoms with Crippen molar-refractivity contribution < 1.29 is 9.53 Å². The number of rotatable bonds is 2. The standard InChI is InChI=1S/C12H11NO2/c1-9(10-7-5-4-6-8-10)11(13-2)12(14)15-3/h4-8H,1,3H3/b11-9-. The Morgan fingerprint density at radius 2 is 1.93 bits per heavy atom. The van der Waals surface area contributed by atoms with Gasteiger partial charge in [-0.15, -0.1) is 0 Å². The van der Waals surface area contributed by atoms with Gasteiger partial charge in [0.15, 0.2) is 0 Å². The number of nitrogens with zero attached hydrogens (tertiary/aromatic N) is 1. The maximum Gasteiger partial charge on any atom is 0.336 e. The number of esters is 1. The number of methoxy groups -OCH3 is 1. The van der Waals surface area contributed by atoms with Crippen LogP contribution in [0.2, 0.25) is 0 Å². The average molecular weight is 201 g/mol. The summed E-state index contributed by atoms with van der Waals surface area (Å²) in [5.74, 6) is -0.591. The molecule has 76 valence electrons. The number of carbonyl (C=O) groups is 1. The molecule has 0 aliphatic carbocycles. The minimum atomic E-state index is -0.591. The molecule has 0 bridgehead atoms. The normalized spacial score (nSPS) is 11.3. The summed E-state index contributed by atoms with van der Waals surface area (Å²) in [4.78, 5) is 14.5. The van der Waals surface area contributed by atoms with Gasteiger partial charge in [0.25, 0.3) is 5.70 Å². The molecule has 1 aromatic carbocycles. The molecule has 3 nitrogen and oxygen atoms in total. The van der Waals surface area contributed by atoms with Gasteiger partial charge in [-0.05, 0) is 18.1 Å². The Hall–Kier alpha value is -2.08. The highest BCUT2D eigenvalue weighted by Gasteiger charge is 2.14. The molecule has 0 amide bonds. The van der Waals surface area contributed by atoms with E-state index in [4.69, 9.17) is 6.57 Å². The Morgan fingerprint density at radius 1 is 1.33 bits per heavy atom. The van der Waals surface area contributed by atoms with E-state index in [0.717, 1.165) is 5.56 Å². The largest absolute Gasteiger partial charge is 0.474 e. The van der Waals surface area contributed by atoms with Gasteiger partial charge in [-0.3, -0.25) is 4.79 Å². The van der Waals surface area contributed by atoms with Crippen molar-refractivity contribution in [2.45, 2.75) is 6.92 Å². The zero-order chi connectivity index (χ0) is 11.3. The van der Waals surface area contributed by atoms with Gasteiger partial charge in [0.05, 0.1) is 13.7 Å².